The van der Waals surface area contributed by atoms with Crippen LogP contribution < -0.4 is 4.46 Å². The van der Waals surface area contributed by atoms with Crippen LogP contribution in [0.3, 0.4) is 0 Å². The van der Waals surface area contributed by atoms with E-state index in [1.165, 1.54) is 13.2 Å². The second kappa shape index (κ2) is 9.77. The van der Waals surface area contributed by atoms with Gasteiger partial charge < -0.3 is 0 Å². The number of methoxy groups -OCH3 is 1. The number of allylic oxidation sites excluding steroid dienone is 1. The first-order valence-corrected chi connectivity index (χ1v) is 9.95. The Bertz CT molecular complexity index is 570. The van der Waals surface area contributed by atoms with Crippen LogP contribution in [-0.2, 0) is 19.1 Å². The maximum atomic E-state index is 12.4. The van der Waals surface area contributed by atoms with Crippen LogP contribution in [0.15, 0.2) is 42.5 Å². The molecule has 0 spiro atoms. The van der Waals surface area contributed by atoms with Crippen LogP contribution in [0.4, 0.5) is 0 Å². The van der Waals surface area contributed by atoms with Gasteiger partial charge in [-0.05, 0) is 0 Å². The molecule has 0 N–H and O–H groups in total. The van der Waals surface area contributed by atoms with Crippen molar-refractivity contribution in [3.05, 3.63) is 42.5 Å². The third-order valence-corrected chi connectivity index (χ3v) is 6.01. The molecule has 24 heavy (non-hydrogen) atoms. The standard InChI is InChI=1S/C19H24O4Se/c1-14-11-12-15(7-6-10-18(20)22-2)17(23-14)13-19(21)24-16-8-4-3-5-9-16/h3-6,8-10,14-15,17H,7,11-13H2,1-2H3/b10-6+/t14-,15-,17+/m0/s1. The van der Waals surface area contributed by atoms with Gasteiger partial charge in [-0.1, -0.05) is 0 Å². The minimum absolute atomic E-state index is 0.0610. The van der Waals surface area contributed by atoms with Gasteiger partial charge in [-0.3, -0.25) is 0 Å². The summed E-state index contributed by atoms with van der Waals surface area (Å²) < 4.78 is 12.0. The normalized spacial score (nSPS) is 24.0. The van der Waals surface area contributed by atoms with E-state index in [1.807, 2.05) is 36.4 Å². The van der Waals surface area contributed by atoms with Gasteiger partial charge in [0.1, 0.15) is 0 Å². The first-order valence-electron chi connectivity index (χ1n) is 8.24. The molecule has 0 aromatic heterocycles. The number of hydrogen-bond acceptors (Lipinski definition) is 4. The van der Waals surface area contributed by atoms with Crippen molar-refractivity contribution in [2.24, 2.45) is 5.92 Å². The zero-order chi connectivity index (χ0) is 17.4. The fourth-order valence-electron chi connectivity index (χ4n) is 2.83. The molecule has 1 fully saturated rings. The zero-order valence-electron chi connectivity index (χ0n) is 14.1. The molecule has 0 saturated carbocycles. The van der Waals surface area contributed by atoms with Gasteiger partial charge in [0.15, 0.2) is 0 Å². The Labute approximate surface area is 149 Å². The molecule has 1 aliphatic heterocycles. The summed E-state index contributed by atoms with van der Waals surface area (Å²) in [6, 6.07) is 9.88. The maximum absolute atomic E-state index is 12.4. The molecule has 0 aliphatic carbocycles. The van der Waals surface area contributed by atoms with Gasteiger partial charge >= 0.3 is 149 Å². The Balaban J connectivity index is 1.91. The van der Waals surface area contributed by atoms with E-state index in [-0.39, 0.29) is 43.7 Å². The summed E-state index contributed by atoms with van der Waals surface area (Å²) in [5, 5.41) is 0. The van der Waals surface area contributed by atoms with Gasteiger partial charge in [0.25, 0.3) is 0 Å². The van der Waals surface area contributed by atoms with Gasteiger partial charge in [-0.15, -0.1) is 0 Å². The Hall–Kier alpha value is -1.42. The molecule has 1 heterocycles. The Morgan fingerprint density at radius 3 is 2.75 bits per heavy atom. The van der Waals surface area contributed by atoms with Crippen molar-refractivity contribution in [2.75, 3.05) is 7.11 Å². The number of carbonyl (C=O) groups excluding carboxylic acids is 2. The third kappa shape index (κ3) is 6.23. The molecule has 0 bridgehead atoms. The molecule has 130 valence electrons. The average molecular weight is 395 g/mol. The fraction of sp³-hybridized carbons (Fsp3) is 0.474. The van der Waals surface area contributed by atoms with E-state index in [9.17, 15) is 9.59 Å². The van der Waals surface area contributed by atoms with E-state index < -0.39 is 0 Å². The number of rotatable bonds is 7. The third-order valence-electron chi connectivity index (χ3n) is 4.11. The number of carbonyl (C=O) groups is 2. The summed E-state index contributed by atoms with van der Waals surface area (Å²) in [4.78, 5) is 23.6. The SMILES string of the molecule is COC(=O)/C=C/C[C@H]1CC[C@H](C)O[C@@H]1CC(=O)[Se]c1ccccc1. The predicted octanol–water partition coefficient (Wildman–Crippen LogP) is 2.24. The molecule has 3 atom stereocenters. The van der Waals surface area contributed by atoms with E-state index in [0.29, 0.717) is 6.42 Å². The molecule has 0 amide bonds. The molecular weight excluding hydrogens is 371 g/mol. The zero-order valence-corrected chi connectivity index (χ0v) is 15.9. The monoisotopic (exact) mass is 396 g/mol. The van der Waals surface area contributed by atoms with Crippen molar-refractivity contribution >= 4 is 30.1 Å². The van der Waals surface area contributed by atoms with E-state index in [0.717, 1.165) is 23.7 Å². The van der Waals surface area contributed by atoms with Crippen molar-refractivity contribution < 1.29 is 19.1 Å². The first-order chi connectivity index (χ1) is 11.6. The molecule has 0 radical (unpaired) electrons. The van der Waals surface area contributed by atoms with Crippen molar-refractivity contribution in [3.63, 3.8) is 0 Å². The molecular formula is C19H24O4Se. The van der Waals surface area contributed by atoms with Crippen LogP contribution in [0, 0.1) is 5.92 Å². The van der Waals surface area contributed by atoms with Crippen molar-refractivity contribution in [3.8, 4) is 0 Å². The van der Waals surface area contributed by atoms with Crippen molar-refractivity contribution in [1.29, 1.82) is 0 Å². The van der Waals surface area contributed by atoms with Gasteiger partial charge in [-0.25, -0.2) is 0 Å². The Kier molecular flexibility index (Phi) is 7.70. The van der Waals surface area contributed by atoms with Crippen LogP contribution in [0.1, 0.15) is 32.6 Å². The van der Waals surface area contributed by atoms with Crippen LogP contribution in [0.25, 0.3) is 0 Å². The van der Waals surface area contributed by atoms with Gasteiger partial charge in [0.2, 0.25) is 0 Å². The number of ether oxygens (including phenoxy) is 2. The van der Waals surface area contributed by atoms with Crippen molar-refractivity contribution in [1.82, 2.24) is 0 Å². The van der Waals surface area contributed by atoms with E-state index in [4.69, 9.17) is 4.74 Å². The quantitative estimate of drug-likeness (QED) is 0.404. The van der Waals surface area contributed by atoms with E-state index in [1.54, 1.807) is 0 Å². The second-order valence-electron chi connectivity index (χ2n) is 5.98. The molecule has 0 unspecified atom stereocenters. The Morgan fingerprint density at radius 1 is 1.29 bits per heavy atom. The molecule has 1 aromatic carbocycles. The fourth-order valence-corrected chi connectivity index (χ4v) is 4.52. The molecule has 1 aliphatic rings. The predicted molar refractivity (Wildman–Crippen MR) is 94.3 cm³/mol. The second-order valence-corrected chi connectivity index (χ2v) is 8.35. The summed E-state index contributed by atoms with van der Waals surface area (Å²) >= 11 is -0.169. The number of hydrogen-bond donors (Lipinski definition) is 0. The molecule has 2 rings (SSSR count). The summed E-state index contributed by atoms with van der Waals surface area (Å²) in [7, 11) is 1.37. The molecule has 1 aromatic rings. The first kappa shape index (κ1) is 18.9. The molecule has 1 saturated heterocycles. The van der Waals surface area contributed by atoms with Gasteiger partial charge in [0, 0.05) is 0 Å². The van der Waals surface area contributed by atoms with Gasteiger partial charge in [-0.2, -0.15) is 0 Å². The summed E-state index contributed by atoms with van der Waals surface area (Å²) in [6.45, 7) is 2.06. The topological polar surface area (TPSA) is 52.6 Å². The van der Waals surface area contributed by atoms with Crippen LogP contribution in [0.2, 0.25) is 0 Å². The Morgan fingerprint density at radius 2 is 2.04 bits per heavy atom. The van der Waals surface area contributed by atoms with Crippen LogP contribution >= 0.6 is 0 Å². The molecule has 5 heteroatoms. The summed E-state index contributed by atoms with van der Waals surface area (Å²) in [6.07, 6.45) is 6.60. The van der Waals surface area contributed by atoms with Crippen LogP contribution in [-0.4, -0.2) is 44.9 Å². The summed E-state index contributed by atoms with van der Waals surface area (Å²) in [5.41, 5.74) is 0. The average Bonchev–Trinajstić information content (AvgIpc) is 2.57. The van der Waals surface area contributed by atoms with Gasteiger partial charge in [0.05, 0.1) is 0 Å². The summed E-state index contributed by atoms with van der Waals surface area (Å²) in [5.74, 6) is -0.0715. The molecule has 4 nitrogen and oxygen atoms in total. The van der Waals surface area contributed by atoms with E-state index in [2.05, 4.69) is 11.7 Å². The minimum atomic E-state index is -0.347. The van der Waals surface area contributed by atoms with Crippen molar-refractivity contribution in [2.45, 2.75) is 44.8 Å². The number of esters is 1. The van der Waals surface area contributed by atoms with E-state index >= 15 is 0 Å². The number of benzene rings is 1. The van der Waals surface area contributed by atoms with Crippen LogP contribution in [0.5, 0.6) is 0 Å².